The second-order valence-electron chi connectivity index (χ2n) is 3.94. The number of rotatable bonds is 4. The summed E-state index contributed by atoms with van der Waals surface area (Å²) in [5.41, 5.74) is 7.96. The van der Waals surface area contributed by atoms with Crippen molar-refractivity contribution in [2.24, 2.45) is 5.73 Å². The van der Waals surface area contributed by atoms with E-state index in [0.29, 0.717) is 18.0 Å². The maximum Gasteiger partial charge on any atom is 0.221 e. The summed E-state index contributed by atoms with van der Waals surface area (Å²) >= 11 is 1.50. The number of nitrogens with one attached hydrogen (secondary N) is 1. The van der Waals surface area contributed by atoms with Gasteiger partial charge in [-0.2, -0.15) is 0 Å². The van der Waals surface area contributed by atoms with Crippen LogP contribution in [-0.2, 0) is 11.3 Å². The van der Waals surface area contributed by atoms with Gasteiger partial charge in [0.25, 0.3) is 0 Å². The normalized spacial score (nSPS) is 10.3. The highest BCUT2D eigenvalue weighted by Gasteiger charge is 2.11. The molecule has 1 heterocycles. The minimum Gasteiger partial charge on any atom is -0.496 e. The molecular weight excluding hydrogens is 262 g/mol. The van der Waals surface area contributed by atoms with E-state index in [9.17, 15) is 4.79 Å². The van der Waals surface area contributed by atoms with Gasteiger partial charge in [-0.3, -0.25) is 4.79 Å². The van der Waals surface area contributed by atoms with Crippen LogP contribution in [0.15, 0.2) is 23.6 Å². The van der Waals surface area contributed by atoms with Gasteiger partial charge in [-0.25, -0.2) is 4.98 Å². The van der Waals surface area contributed by atoms with E-state index in [1.54, 1.807) is 13.2 Å². The summed E-state index contributed by atoms with van der Waals surface area (Å²) in [6.45, 7) is 1.88. The quantitative estimate of drug-likeness (QED) is 0.898. The molecule has 3 N–H and O–H groups in total. The van der Waals surface area contributed by atoms with Gasteiger partial charge in [-0.05, 0) is 18.2 Å². The molecule has 0 radical (unpaired) electrons. The van der Waals surface area contributed by atoms with Crippen LogP contribution < -0.4 is 15.8 Å². The fourth-order valence-corrected chi connectivity index (χ4v) is 2.53. The highest BCUT2D eigenvalue weighted by molar-refractivity contribution is 7.13. The average Bonchev–Trinajstić information content (AvgIpc) is 2.86. The first kappa shape index (κ1) is 13.5. The van der Waals surface area contributed by atoms with E-state index < -0.39 is 0 Å². The number of aromatic nitrogens is 1. The Morgan fingerprint density at radius 2 is 2.32 bits per heavy atom. The standard InChI is InChI=1S/C13H15N3O2S/c1-8(17)15-9-3-4-12(18-2)11(5-9)13-16-10(6-14)7-19-13/h3-5,7H,6,14H2,1-2H3,(H,15,17). The number of hydrogen-bond acceptors (Lipinski definition) is 5. The minimum atomic E-state index is -0.113. The molecule has 0 aliphatic heterocycles. The Balaban J connectivity index is 2.43. The number of nitrogens with two attached hydrogens (primary N) is 1. The van der Waals surface area contributed by atoms with Crippen molar-refractivity contribution in [1.82, 2.24) is 4.98 Å². The second-order valence-corrected chi connectivity index (χ2v) is 4.80. The summed E-state index contributed by atoms with van der Waals surface area (Å²) < 4.78 is 5.33. The van der Waals surface area contributed by atoms with Crippen LogP contribution in [0.4, 0.5) is 5.69 Å². The molecule has 0 aliphatic rings. The van der Waals surface area contributed by atoms with Crippen LogP contribution in [0, 0.1) is 0 Å². The van der Waals surface area contributed by atoms with Gasteiger partial charge in [0.1, 0.15) is 10.8 Å². The van der Waals surface area contributed by atoms with Crippen molar-refractivity contribution < 1.29 is 9.53 Å². The number of carbonyl (C=O) groups is 1. The first-order valence-corrected chi connectivity index (χ1v) is 6.62. The summed E-state index contributed by atoms with van der Waals surface area (Å²) in [6.07, 6.45) is 0. The molecule has 2 aromatic rings. The zero-order valence-electron chi connectivity index (χ0n) is 10.8. The molecule has 0 saturated heterocycles. The summed E-state index contributed by atoms with van der Waals surface area (Å²) in [6, 6.07) is 5.45. The van der Waals surface area contributed by atoms with E-state index in [1.165, 1.54) is 18.3 Å². The molecule has 0 spiro atoms. The van der Waals surface area contributed by atoms with Crippen LogP contribution in [0.5, 0.6) is 5.75 Å². The number of benzene rings is 1. The second kappa shape index (κ2) is 5.81. The van der Waals surface area contributed by atoms with Gasteiger partial charge in [-0.1, -0.05) is 0 Å². The van der Waals surface area contributed by atoms with Gasteiger partial charge in [-0.15, -0.1) is 11.3 Å². The summed E-state index contributed by atoms with van der Waals surface area (Å²) in [5, 5.41) is 5.48. The first-order valence-electron chi connectivity index (χ1n) is 5.74. The molecule has 1 aromatic heterocycles. The number of hydrogen-bond donors (Lipinski definition) is 2. The van der Waals surface area contributed by atoms with Gasteiger partial charge >= 0.3 is 0 Å². The van der Waals surface area contributed by atoms with Crippen molar-refractivity contribution in [3.63, 3.8) is 0 Å². The fourth-order valence-electron chi connectivity index (χ4n) is 1.68. The number of ether oxygens (including phenoxy) is 1. The van der Waals surface area contributed by atoms with Crippen LogP contribution in [0.25, 0.3) is 10.6 Å². The summed E-state index contributed by atoms with van der Waals surface area (Å²) in [7, 11) is 1.61. The van der Waals surface area contributed by atoms with Crippen LogP contribution in [0.1, 0.15) is 12.6 Å². The molecule has 1 aromatic carbocycles. The lowest BCUT2D eigenvalue weighted by atomic mass is 10.2. The zero-order chi connectivity index (χ0) is 13.8. The van der Waals surface area contributed by atoms with Crippen molar-refractivity contribution in [2.75, 3.05) is 12.4 Å². The monoisotopic (exact) mass is 277 g/mol. The van der Waals surface area contributed by atoms with Crippen LogP contribution in [0.2, 0.25) is 0 Å². The zero-order valence-corrected chi connectivity index (χ0v) is 11.6. The molecule has 1 amide bonds. The molecular formula is C13H15N3O2S. The van der Waals surface area contributed by atoms with Gasteiger partial charge in [0.05, 0.1) is 18.4 Å². The van der Waals surface area contributed by atoms with Gasteiger partial charge < -0.3 is 15.8 Å². The Labute approximate surface area is 115 Å². The molecule has 6 heteroatoms. The predicted octanol–water partition coefficient (Wildman–Crippen LogP) is 2.24. The van der Waals surface area contributed by atoms with E-state index in [-0.39, 0.29) is 5.91 Å². The van der Waals surface area contributed by atoms with Crippen LogP contribution >= 0.6 is 11.3 Å². The molecule has 100 valence electrons. The highest BCUT2D eigenvalue weighted by atomic mass is 32.1. The van der Waals surface area contributed by atoms with E-state index in [2.05, 4.69) is 10.3 Å². The third-order valence-electron chi connectivity index (χ3n) is 2.51. The van der Waals surface area contributed by atoms with Crippen LogP contribution in [0.3, 0.4) is 0 Å². The predicted molar refractivity (Wildman–Crippen MR) is 76.3 cm³/mol. The van der Waals surface area contributed by atoms with E-state index >= 15 is 0 Å². The maximum absolute atomic E-state index is 11.1. The third kappa shape index (κ3) is 3.10. The lowest BCUT2D eigenvalue weighted by Gasteiger charge is -2.09. The van der Waals surface area contributed by atoms with Crippen molar-refractivity contribution in [1.29, 1.82) is 0 Å². The number of methoxy groups -OCH3 is 1. The van der Waals surface area contributed by atoms with E-state index in [1.807, 2.05) is 17.5 Å². The molecule has 0 fully saturated rings. The smallest absolute Gasteiger partial charge is 0.221 e. The average molecular weight is 277 g/mol. The molecule has 0 saturated carbocycles. The topological polar surface area (TPSA) is 77.2 Å². The fraction of sp³-hybridized carbons (Fsp3) is 0.231. The number of thiazole rings is 1. The molecule has 0 unspecified atom stereocenters. The SMILES string of the molecule is COc1ccc(NC(C)=O)cc1-c1nc(CN)cs1. The molecule has 0 aliphatic carbocycles. The first-order chi connectivity index (χ1) is 9.13. The number of amides is 1. The molecule has 2 rings (SSSR count). The lowest BCUT2D eigenvalue weighted by molar-refractivity contribution is -0.114. The molecule has 19 heavy (non-hydrogen) atoms. The Morgan fingerprint density at radius 1 is 1.53 bits per heavy atom. The Hall–Kier alpha value is -1.92. The molecule has 0 atom stereocenters. The number of carbonyl (C=O) groups excluding carboxylic acids is 1. The Morgan fingerprint density at radius 3 is 2.89 bits per heavy atom. The maximum atomic E-state index is 11.1. The summed E-state index contributed by atoms with van der Waals surface area (Å²) in [4.78, 5) is 15.5. The lowest BCUT2D eigenvalue weighted by Crippen LogP contribution is -2.05. The Kier molecular flexibility index (Phi) is 4.13. The van der Waals surface area contributed by atoms with Crippen molar-refractivity contribution >= 4 is 22.9 Å². The van der Waals surface area contributed by atoms with Crippen molar-refractivity contribution in [3.05, 3.63) is 29.3 Å². The van der Waals surface area contributed by atoms with Gasteiger partial charge in [0.15, 0.2) is 0 Å². The largest absolute Gasteiger partial charge is 0.496 e. The Bertz CT molecular complexity index is 595. The highest BCUT2D eigenvalue weighted by Crippen LogP contribution is 2.34. The summed E-state index contributed by atoms with van der Waals surface area (Å²) in [5.74, 6) is 0.602. The van der Waals surface area contributed by atoms with Crippen LogP contribution in [-0.4, -0.2) is 18.0 Å². The molecule has 5 nitrogen and oxygen atoms in total. The van der Waals surface area contributed by atoms with Crippen molar-refractivity contribution in [3.8, 4) is 16.3 Å². The minimum absolute atomic E-state index is 0.113. The number of nitrogens with zero attached hydrogens (tertiary/aromatic N) is 1. The van der Waals surface area contributed by atoms with Crippen molar-refractivity contribution in [2.45, 2.75) is 13.5 Å². The van der Waals surface area contributed by atoms with E-state index in [0.717, 1.165) is 16.3 Å². The number of anilines is 1. The van der Waals surface area contributed by atoms with Gasteiger partial charge in [0.2, 0.25) is 5.91 Å². The molecule has 0 bridgehead atoms. The van der Waals surface area contributed by atoms with Gasteiger partial charge in [0, 0.05) is 24.5 Å². The third-order valence-corrected chi connectivity index (χ3v) is 3.44. The van der Waals surface area contributed by atoms with E-state index in [4.69, 9.17) is 10.5 Å².